The molecule has 0 saturated heterocycles. The molecule has 0 fully saturated rings. The van der Waals surface area contributed by atoms with Gasteiger partial charge in [0.15, 0.2) is 0 Å². The molecule has 0 bridgehead atoms. The van der Waals surface area contributed by atoms with Crippen molar-refractivity contribution in [3.05, 3.63) is 0 Å². The van der Waals surface area contributed by atoms with Gasteiger partial charge in [0.25, 0.3) is 0 Å². The van der Waals surface area contributed by atoms with E-state index in [1.54, 1.807) is 0 Å². The monoisotopic (exact) mass is 159 g/mol. The fourth-order valence-corrected chi connectivity index (χ4v) is 1.24. The molecule has 0 saturated carbocycles. The third-order valence-electron chi connectivity index (χ3n) is 1.81. The van der Waals surface area contributed by atoms with Gasteiger partial charge in [0, 0.05) is 13.1 Å². The highest BCUT2D eigenvalue weighted by molar-refractivity contribution is 4.58. The van der Waals surface area contributed by atoms with E-state index in [9.17, 15) is 5.11 Å². The van der Waals surface area contributed by atoms with Crippen LogP contribution >= 0.6 is 0 Å². The van der Waals surface area contributed by atoms with Crippen molar-refractivity contribution in [1.29, 1.82) is 0 Å². The van der Waals surface area contributed by atoms with Gasteiger partial charge in [-0.15, -0.1) is 0 Å². The van der Waals surface area contributed by atoms with Crippen molar-refractivity contribution in [2.75, 3.05) is 13.1 Å². The highest BCUT2D eigenvalue weighted by Gasteiger charge is 2.10. The van der Waals surface area contributed by atoms with Crippen LogP contribution in [0, 0.1) is 0 Å². The normalized spacial score (nSPS) is 13.9. The van der Waals surface area contributed by atoms with Crippen molar-refractivity contribution in [1.82, 2.24) is 4.90 Å². The second-order valence-corrected chi connectivity index (χ2v) is 2.92. The van der Waals surface area contributed by atoms with Crippen LogP contribution in [0.1, 0.15) is 40.0 Å². The molecular formula is C9H21NO. The van der Waals surface area contributed by atoms with E-state index < -0.39 is 0 Å². The molecule has 0 aromatic heterocycles. The molecule has 0 aliphatic rings. The summed E-state index contributed by atoms with van der Waals surface area (Å²) in [5.74, 6) is 0. The van der Waals surface area contributed by atoms with Gasteiger partial charge < -0.3 is 5.11 Å². The van der Waals surface area contributed by atoms with E-state index in [2.05, 4.69) is 18.7 Å². The molecule has 1 atom stereocenters. The fourth-order valence-electron chi connectivity index (χ4n) is 1.24. The SMILES string of the molecule is CCCN(CCC)C(O)CC. The van der Waals surface area contributed by atoms with E-state index in [1.807, 2.05) is 6.92 Å². The fraction of sp³-hybridized carbons (Fsp3) is 1.00. The first kappa shape index (κ1) is 10.9. The number of aliphatic hydroxyl groups is 1. The lowest BCUT2D eigenvalue weighted by Gasteiger charge is -2.25. The molecule has 0 spiro atoms. The van der Waals surface area contributed by atoms with Crippen molar-refractivity contribution in [2.24, 2.45) is 0 Å². The topological polar surface area (TPSA) is 23.5 Å². The average Bonchev–Trinajstić information content (AvgIpc) is 2.03. The van der Waals surface area contributed by atoms with Gasteiger partial charge in [0.2, 0.25) is 0 Å². The molecule has 2 heteroatoms. The predicted octanol–water partition coefficient (Wildman–Crippen LogP) is 1.84. The number of hydrogen-bond acceptors (Lipinski definition) is 2. The highest BCUT2D eigenvalue weighted by Crippen LogP contribution is 2.02. The summed E-state index contributed by atoms with van der Waals surface area (Å²) in [5, 5.41) is 9.51. The summed E-state index contributed by atoms with van der Waals surface area (Å²) in [5.41, 5.74) is 0. The van der Waals surface area contributed by atoms with E-state index in [0.717, 1.165) is 32.4 Å². The van der Waals surface area contributed by atoms with Crippen molar-refractivity contribution >= 4 is 0 Å². The smallest absolute Gasteiger partial charge is 0.107 e. The van der Waals surface area contributed by atoms with Crippen LogP contribution < -0.4 is 0 Å². The highest BCUT2D eigenvalue weighted by atomic mass is 16.3. The van der Waals surface area contributed by atoms with Crippen LogP contribution in [0.3, 0.4) is 0 Å². The zero-order chi connectivity index (χ0) is 8.69. The second kappa shape index (κ2) is 6.62. The van der Waals surface area contributed by atoms with Crippen LogP contribution in [-0.4, -0.2) is 29.3 Å². The summed E-state index contributed by atoms with van der Waals surface area (Å²) < 4.78 is 0. The molecule has 0 heterocycles. The Balaban J connectivity index is 3.66. The average molecular weight is 159 g/mol. The Morgan fingerprint density at radius 3 is 1.82 bits per heavy atom. The molecule has 1 N–H and O–H groups in total. The minimum Gasteiger partial charge on any atom is -0.378 e. The van der Waals surface area contributed by atoms with Gasteiger partial charge in [-0.05, 0) is 19.3 Å². The van der Waals surface area contributed by atoms with Crippen LogP contribution in [0.15, 0.2) is 0 Å². The quantitative estimate of drug-likeness (QED) is 0.598. The number of rotatable bonds is 6. The molecule has 0 amide bonds. The second-order valence-electron chi connectivity index (χ2n) is 2.92. The third-order valence-corrected chi connectivity index (χ3v) is 1.81. The van der Waals surface area contributed by atoms with Gasteiger partial charge in [0.05, 0.1) is 0 Å². The maximum atomic E-state index is 9.51. The van der Waals surface area contributed by atoms with Crippen LogP contribution in [0.2, 0.25) is 0 Å². The maximum Gasteiger partial charge on any atom is 0.107 e. The molecule has 0 rings (SSSR count). The summed E-state index contributed by atoms with van der Waals surface area (Å²) in [6.07, 6.45) is 2.85. The number of aliphatic hydroxyl groups excluding tert-OH is 1. The molecule has 0 aliphatic carbocycles. The summed E-state index contributed by atoms with van der Waals surface area (Å²) in [4.78, 5) is 2.14. The Kier molecular flexibility index (Phi) is 6.57. The van der Waals surface area contributed by atoms with Crippen molar-refractivity contribution in [3.8, 4) is 0 Å². The van der Waals surface area contributed by atoms with Crippen LogP contribution in [-0.2, 0) is 0 Å². The maximum absolute atomic E-state index is 9.51. The zero-order valence-electron chi connectivity index (χ0n) is 8.01. The predicted molar refractivity (Wildman–Crippen MR) is 48.5 cm³/mol. The molecule has 1 unspecified atom stereocenters. The Bertz CT molecular complexity index is 79.6. The summed E-state index contributed by atoms with van der Waals surface area (Å²) in [6, 6.07) is 0. The Labute approximate surface area is 70.2 Å². The van der Waals surface area contributed by atoms with Gasteiger partial charge in [-0.25, -0.2) is 0 Å². The molecule has 0 aliphatic heterocycles. The Hall–Kier alpha value is -0.0800. The van der Waals surface area contributed by atoms with Crippen molar-refractivity contribution in [2.45, 2.75) is 46.3 Å². The lowest BCUT2D eigenvalue weighted by Crippen LogP contribution is -2.35. The summed E-state index contributed by atoms with van der Waals surface area (Å²) in [6.45, 7) is 8.34. The van der Waals surface area contributed by atoms with E-state index in [-0.39, 0.29) is 6.23 Å². The minimum absolute atomic E-state index is 0.227. The van der Waals surface area contributed by atoms with Crippen molar-refractivity contribution < 1.29 is 5.11 Å². The first-order valence-corrected chi connectivity index (χ1v) is 4.68. The first-order chi connectivity index (χ1) is 5.26. The molecule has 11 heavy (non-hydrogen) atoms. The number of hydrogen-bond donors (Lipinski definition) is 1. The van der Waals surface area contributed by atoms with Gasteiger partial charge in [-0.1, -0.05) is 20.8 Å². The zero-order valence-corrected chi connectivity index (χ0v) is 8.01. The van der Waals surface area contributed by atoms with Gasteiger partial charge >= 0.3 is 0 Å². The lowest BCUT2D eigenvalue weighted by molar-refractivity contribution is 0.00125. The van der Waals surface area contributed by atoms with E-state index in [4.69, 9.17) is 0 Å². The van der Waals surface area contributed by atoms with Crippen LogP contribution in [0.25, 0.3) is 0 Å². The van der Waals surface area contributed by atoms with E-state index >= 15 is 0 Å². The van der Waals surface area contributed by atoms with Gasteiger partial charge in [-0.2, -0.15) is 0 Å². The van der Waals surface area contributed by atoms with E-state index in [1.165, 1.54) is 0 Å². The molecule has 2 nitrogen and oxygen atoms in total. The summed E-state index contributed by atoms with van der Waals surface area (Å²) in [7, 11) is 0. The Morgan fingerprint density at radius 2 is 1.55 bits per heavy atom. The molecule has 0 radical (unpaired) electrons. The Morgan fingerprint density at radius 1 is 1.09 bits per heavy atom. The molecule has 0 aromatic rings. The minimum atomic E-state index is -0.227. The molecule has 68 valence electrons. The lowest BCUT2D eigenvalue weighted by atomic mass is 10.3. The molecular weight excluding hydrogens is 138 g/mol. The first-order valence-electron chi connectivity index (χ1n) is 4.68. The largest absolute Gasteiger partial charge is 0.378 e. The van der Waals surface area contributed by atoms with Crippen LogP contribution in [0.5, 0.6) is 0 Å². The van der Waals surface area contributed by atoms with E-state index in [0.29, 0.717) is 0 Å². The van der Waals surface area contributed by atoms with Gasteiger partial charge in [0.1, 0.15) is 6.23 Å². The third kappa shape index (κ3) is 4.38. The number of nitrogens with zero attached hydrogens (tertiary/aromatic N) is 1. The van der Waals surface area contributed by atoms with Gasteiger partial charge in [-0.3, -0.25) is 4.90 Å². The van der Waals surface area contributed by atoms with Crippen LogP contribution in [0.4, 0.5) is 0 Å². The summed E-state index contributed by atoms with van der Waals surface area (Å²) >= 11 is 0. The molecule has 0 aromatic carbocycles. The van der Waals surface area contributed by atoms with Crippen molar-refractivity contribution in [3.63, 3.8) is 0 Å². The standard InChI is InChI=1S/C9H21NO/c1-4-7-10(8-5-2)9(11)6-3/h9,11H,4-8H2,1-3H3.